The molecule has 0 spiro atoms. The van der Waals surface area contributed by atoms with Gasteiger partial charge in [0.25, 0.3) is 0 Å². The Bertz CT molecular complexity index is 1390. The average Bonchev–Trinajstić information content (AvgIpc) is 3.36. The molecule has 0 atom stereocenters. The second kappa shape index (κ2) is 7.05. The van der Waals surface area contributed by atoms with Gasteiger partial charge in [-0.15, -0.1) is 0 Å². The SMILES string of the molecule is C=C(Nc1cncc(-c2ccc3[nH]nc(-c4nc5ccncc5[nH]4)c3c2)c1)C1CCC1. The minimum absolute atomic E-state index is 0.576. The maximum absolute atomic E-state index is 4.67. The third-order valence-electron chi connectivity index (χ3n) is 6.04. The van der Waals surface area contributed by atoms with Crippen LogP contribution in [0, 0.1) is 5.92 Å². The van der Waals surface area contributed by atoms with E-state index in [2.05, 4.69) is 60.2 Å². The minimum Gasteiger partial charge on any atom is -0.358 e. The number of aromatic amines is 2. The number of hydrogen-bond donors (Lipinski definition) is 3. The predicted octanol–water partition coefficient (Wildman–Crippen LogP) is 5.29. The second-order valence-electron chi connectivity index (χ2n) is 8.05. The Morgan fingerprint density at radius 2 is 1.94 bits per heavy atom. The molecule has 1 fully saturated rings. The Morgan fingerprint density at radius 3 is 2.77 bits per heavy atom. The van der Waals surface area contributed by atoms with Gasteiger partial charge in [-0.25, -0.2) is 4.98 Å². The van der Waals surface area contributed by atoms with Gasteiger partial charge >= 0.3 is 0 Å². The van der Waals surface area contributed by atoms with Crippen molar-refractivity contribution in [1.29, 1.82) is 0 Å². The quantitative estimate of drug-likeness (QED) is 0.368. The molecule has 0 unspecified atom stereocenters. The highest BCUT2D eigenvalue weighted by Gasteiger charge is 2.20. The summed E-state index contributed by atoms with van der Waals surface area (Å²) in [6.45, 7) is 4.21. The fourth-order valence-electron chi connectivity index (χ4n) is 4.05. The molecule has 0 bridgehead atoms. The number of anilines is 1. The molecule has 0 radical (unpaired) electrons. The highest BCUT2D eigenvalue weighted by atomic mass is 15.1. The van der Waals surface area contributed by atoms with Crippen molar-refractivity contribution in [2.24, 2.45) is 5.92 Å². The standard InChI is InChI=1S/C24H21N7/c1-14(15-3-2-4-15)27-18-9-17(11-26-12-18)16-5-6-20-19(10-16)23(31-30-20)24-28-21-7-8-25-13-22(21)29-24/h5-13,15,27H,1-4H2,(H,28,29)(H,30,31). The van der Waals surface area contributed by atoms with Gasteiger partial charge < -0.3 is 10.3 Å². The molecule has 7 heteroatoms. The van der Waals surface area contributed by atoms with Crippen LogP contribution in [0.2, 0.25) is 0 Å². The van der Waals surface area contributed by atoms with E-state index >= 15 is 0 Å². The molecule has 0 amide bonds. The van der Waals surface area contributed by atoms with E-state index in [9.17, 15) is 0 Å². The van der Waals surface area contributed by atoms with Gasteiger partial charge in [0.1, 0.15) is 5.69 Å². The summed E-state index contributed by atoms with van der Waals surface area (Å²) in [5, 5.41) is 12.1. The molecular formula is C24H21N7. The van der Waals surface area contributed by atoms with Crippen LogP contribution in [0.15, 0.2) is 67.4 Å². The molecule has 1 aliphatic rings. The van der Waals surface area contributed by atoms with Crippen molar-refractivity contribution in [3.05, 3.63) is 67.4 Å². The summed E-state index contributed by atoms with van der Waals surface area (Å²) in [5.41, 5.74) is 7.65. The lowest BCUT2D eigenvalue weighted by Crippen LogP contribution is -2.18. The Balaban J connectivity index is 1.37. The number of benzene rings is 1. The van der Waals surface area contributed by atoms with Crippen LogP contribution in [0.3, 0.4) is 0 Å². The number of H-pyrrole nitrogens is 2. The van der Waals surface area contributed by atoms with E-state index in [1.807, 2.05) is 24.5 Å². The van der Waals surface area contributed by atoms with Crippen molar-refractivity contribution in [1.82, 2.24) is 30.1 Å². The van der Waals surface area contributed by atoms with Gasteiger partial charge in [0.2, 0.25) is 0 Å². The van der Waals surface area contributed by atoms with E-state index < -0.39 is 0 Å². The van der Waals surface area contributed by atoms with Crippen LogP contribution >= 0.6 is 0 Å². The van der Waals surface area contributed by atoms with Crippen molar-refractivity contribution in [2.45, 2.75) is 19.3 Å². The maximum Gasteiger partial charge on any atom is 0.159 e. The zero-order chi connectivity index (χ0) is 20.8. The normalized spacial score (nSPS) is 14.1. The lowest BCUT2D eigenvalue weighted by atomic mass is 9.83. The molecule has 5 aromatic rings. The molecule has 6 rings (SSSR count). The topological polar surface area (TPSA) is 95.2 Å². The van der Waals surface area contributed by atoms with Crippen molar-refractivity contribution in [2.75, 3.05) is 5.32 Å². The smallest absolute Gasteiger partial charge is 0.159 e. The van der Waals surface area contributed by atoms with Crippen LogP contribution in [-0.2, 0) is 0 Å². The molecule has 31 heavy (non-hydrogen) atoms. The fraction of sp³-hybridized carbons (Fsp3) is 0.167. The molecule has 1 aromatic carbocycles. The first-order valence-electron chi connectivity index (χ1n) is 10.4. The largest absolute Gasteiger partial charge is 0.358 e. The van der Waals surface area contributed by atoms with Gasteiger partial charge in [-0.3, -0.25) is 15.1 Å². The van der Waals surface area contributed by atoms with Gasteiger partial charge in [-0.05, 0) is 48.6 Å². The third kappa shape index (κ3) is 3.15. The Hall–Kier alpha value is -4.00. The summed E-state index contributed by atoms with van der Waals surface area (Å²) in [7, 11) is 0. The lowest BCUT2D eigenvalue weighted by molar-refractivity contribution is 0.371. The van der Waals surface area contributed by atoms with Crippen LogP contribution in [0.1, 0.15) is 19.3 Å². The number of fused-ring (bicyclic) bond motifs is 2. The van der Waals surface area contributed by atoms with Crippen molar-refractivity contribution >= 4 is 27.6 Å². The van der Waals surface area contributed by atoms with Gasteiger partial charge in [-0.2, -0.15) is 5.10 Å². The monoisotopic (exact) mass is 407 g/mol. The summed E-state index contributed by atoms with van der Waals surface area (Å²) in [6, 6.07) is 10.2. The van der Waals surface area contributed by atoms with Crippen LogP contribution < -0.4 is 5.32 Å². The van der Waals surface area contributed by atoms with Gasteiger partial charge in [-0.1, -0.05) is 19.1 Å². The average molecular weight is 407 g/mol. The first-order chi connectivity index (χ1) is 15.2. The maximum atomic E-state index is 4.67. The van der Waals surface area contributed by atoms with Gasteiger partial charge in [0.15, 0.2) is 5.82 Å². The van der Waals surface area contributed by atoms with E-state index in [-0.39, 0.29) is 0 Å². The lowest BCUT2D eigenvalue weighted by Gasteiger charge is -2.28. The summed E-state index contributed by atoms with van der Waals surface area (Å²) in [4.78, 5) is 16.6. The number of aromatic nitrogens is 6. The zero-order valence-corrected chi connectivity index (χ0v) is 16.9. The first-order valence-corrected chi connectivity index (χ1v) is 10.4. The number of allylic oxidation sites excluding steroid dienone is 1. The van der Waals surface area contributed by atoms with Crippen LogP contribution in [0.4, 0.5) is 5.69 Å². The highest BCUT2D eigenvalue weighted by molar-refractivity contribution is 5.95. The number of pyridine rings is 2. The summed E-state index contributed by atoms with van der Waals surface area (Å²) < 4.78 is 0. The van der Waals surface area contributed by atoms with E-state index in [4.69, 9.17) is 0 Å². The van der Waals surface area contributed by atoms with E-state index in [0.717, 1.165) is 56.0 Å². The first kappa shape index (κ1) is 17.8. The van der Waals surface area contributed by atoms with E-state index in [0.29, 0.717) is 5.92 Å². The second-order valence-corrected chi connectivity index (χ2v) is 8.05. The Labute approximate surface area is 178 Å². The number of nitrogens with one attached hydrogen (secondary N) is 3. The fourth-order valence-corrected chi connectivity index (χ4v) is 4.05. The van der Waals surface area contributed by atoms with Crippen molar-refractivity contribution in [3.63, 3.8) is 0 Å². The van der Waals surface area contributed by atoms with Crippen molar-refractivity contribution < 1.29 is 0 Å². The van der Waals surface area contributed by atoms with Crippen LogP contribution in [-0.4, -0.2) is 30.1 Å². The molecular weight excluding hydrogens is 386 g/mol. The molecule has 4 heterocycles. The van der Waals surface area contributed by atoms with E-state index in [1.54, 1.807) is 12.4 Å². The molecule has 3 N–H and O–H groups in total. The highest BCUT2D eigenvalue weighted by Crippen LogP contribution is 2.34. The summed E-state index contributed by atoms with van der Waals surface area (Å²) in [6.07, 6.45) is 11.0. The Kier molecular flexibility index (Phi) is 4.06. The Morgan fingerprint density at radius 1 is 1.00 bits per heavy atom. The number of nitrogens with zero attached hydrogens (tertiary/aromatic N) is 4. The van der Waals surface area contributed by atoms with Crippen LogP contribution in [0.5, 0.6) is 0 Å². The molecule has 152 valence electrons. The molecule has 1 saturated carbocycles. The van der Waals surface area contributed by atoms with E-state index in [1.165, 1.54) is 19.3 Å². The number of rotatable bonds is 5. The number of imidazole rings is 1. The molecule has 0 aliphatic heterocycles. The molecule has 0 saturated heterocycles. The molecule has 7 nitrogen and oxygen atoms in total. The zero-order valence-electron chi connectivity index (χ0n) is 16.9. The van der Waals surface area contributed by atoms with Crippen molar-refractivity contribution in [3.8, 4) is 22.6 Å². The predicted molar refractivity (Wildman–Crippen MR) is 122 cm³/mol. The van der Waals surface area contributed by atoms with Crippen LogP contribution in [0.25, 0.3) is 44.6 Å². The van der Waals surface area contributed by atoms with Gasteiger partial charge in [0.05, 0.1) is 34.6 Å². The third-order valence-corrected chi connectivity index (χ3v) is 6.04. The number of hydrogen-bond acceptors (Lipinski definition) is 5. The van der Waals surface area contributed by atoms with Gasteiger partial charge in [0, 0.05) is 29.0 Å². The summed E-state index contributed by atoms with van der Waals surface area (Å²) >= 11 is 0. The minimum atomic E-state index is 0.576. The molecule has 4 aromatic heterocycles. The molecule has 1 aliphatic carbocycles. The summed E-state index contributed by atoms with van der Waals surface area (Å²) in [5.74, 6) is 1.30.